The number of benzene rings is 1. The lowest BCUT2D eigenvalue weighted by molar-refractivity contribution is 0.0130. The Kier molecular flexibility index (Phi) is 6.32. The number of hydrogen-bond donors (Lipinski definition) is 1. The molecular weight excluding hydrogens is 450 g/mol. The van der Waals surface area contributed by atoms with Crippen molar-refractivity contribution in [1.82, 2.24) is 20.2 Å². The maximum atomic E-state index is 14.1. The van der Waals surface area contributed by atoms with Gasteiger partial charge in [-0.05, 0) is 25.8 Å². The number of alkyl halides is 2. The fraction of sp³-hybridized carbons (Fsp3) is 0.435. The molecular formula is C23H26F2N4O3S. The Morgan fingerprint density at radius 3 is 2.48 bits per heavy atom. The summed E-state index contributed by atoms with van der Waals surface area (Å²) in [6.07, 6.45) is 4.28. The molecule has 0 bridgehead atoms. The zero-order valence-electron chi connectivity index (χ0n) is 18.4. The predicted octanol–water partition coefficient (Wildman–Crippen LogP) is 3.01. The largest absolute Gasteiger partial charge is 0.344 e. The van der Waals surface area contributed by atoms with E-state index in [1.165, 1.54) is 11.5 Å². The van der Waals surface area contributed by atoms with Gasteiger partial charge in [0.25, 0.3) is 11.8 Å². The molecule has 1 atom stereocenters. The minimum atomic E-state index is -3.41. The Bertz CT molecular complexity index is 1160. The summed E-state index contributed by atoms with van der Waals surface area (Å²) in [7, 11) is -1.55. The molecule has 1 aromatic heterocycles. The van der Waals surface area contributed by atoms with E-state index in [4.69, 9.17) is 0 Å². The van der Waals surface area contributed by atoms with Gasteiger partial charge in [-0.25, -0.2) is 13.4 Å². The fourth-order valence-electron chi connectivity index (χ4n) is 3.78. The van der Waals surface area contributed by atoms with Crippen molar-refractivity contribution in [2.75, 3.05) is 20.1 Å². The SMILES string of the molecule is CN1CC(S(=O)(=O)/C=C/[C@@H](NC(=O)c2cnc(C(C)(F)F)c(-c3ccccc3)n2)C2CC2)C1. The number of rotatable bonds is 8. The Hall–Kier alpha value is -2.72. The number of carbonyl (C=O) groups excluding carboxylic acids is 1. The molecule has 7 nitrogen and oxygen atoms in total. The molecule has 1 amide bonds. The second-order valence-electron chi connectivity index (χ2n) is 8.80. The quantitative estimate of drug-likeness (QED) is 0.630. The Morgan fingerprint density at radius 1 is 1.24 bits per heavy atom. The summed E-state index contributed by atoms with van der Waals surface area (Å²) in [5, 5.41) is 3.55. The fourth-order valence-corrected chi connectivity index (χ4v) is 5.31. The van der Waals surface area contributed by atoms with Gasteiger partial charge in [0.05, 0.1) is 23.2 Å². The summed E-state index contributed by atoms with van der Waals surface area (Å²) >= 11 is 0. The number of likely N-dealkylation sites (tertiary alicyclic amines) is 1. The van der Waals surface area contributed by atoms with Gasteiger partial charge in [0.1, 0.15) is 11.4 Å². The van der Waals surface area contributed by atoms with E-state index >= 15 is 0 Å². The van der Waals surface area contributed by atoms with Crippen LogP contribution in [0, 0.1) is 5.92 Å². The molecule has 1 aliphatic carbocycles. The van der Waals surface area contributed by atoms with Crippen molar-refractivity contribution in [1.29, 1.82) is 0 Å². The van der Waals surface area contributed by atoms with Gasteiger partial charge >= 0.3 is 0 Å². The molecule has 10 heteroatoms. The standard InChI is InChI=1S/C23H26F2N4O3S/c1-23(24,25)21-20(16-6-4-3-5-7-16)27-19(12-26-21)22(30)28-18(15-8-9-15)10-11-33(31,32)17-13-29(2)14-17/h3-7,10-12,15,17-18H,8-9,13-14H2,1-2H3,(H,28,30)/b11-10+/t18-/m1/s1. The first kappa shape index (κ1) is 23.4. The van der Waals surface area contributed by atoms with Crippen molar-refractivity contribution in [2.24, 2.45) is 5.92 Å². The lowest BCUT2D eigenvalue weighted by Crippen LogP contribution is -2.51. The molecule has 0 spiro atoms. The number of hydrogen-bond acceptors (Lipinski definition) is 6. The smallest absolute Gasteiger partial charge is 0.289 e. The molecule has 176 valence electrons. The molecule has 1 saturated carbocycles. The number of nitrogens with zero attached hydrogens (tertiary/aromatic N) is 3. The Morgan fingerprint density at radius 2 is 1.91 bits per heavy atom. The summed E-state index contributed by atoms with van der Waals surface area (Å²) in [4.78, 5) is 22.9. The molecule has 0 unspecified atom stereocenters. The molecule has 2 fully saturated rings. The maximum absolute atomic E-state index is 14.1. The van der Waals surface area contributed by atoms with Crippen molar-refractivity contribution in [2.45, 2.75) is 37.0 Å². The molecule has 2 aliphatic rings. The minimum Gasteiger partial charge on any atom is -0.344 e. The zero-order valence-corrected chi connectivity index (χ0v) is 19.2. The number of amides is 1. The summed E-state index contributed by atoms with van der Waals surface area (Å²) in [5.41, 5.74) is -0.262. The van der Waals surface area contributed by atoms with Gasteiger partial charge < -0.3 is 10.2 Å². The van der Waals surface area contributed by atoms with Crippen molar-refractivity contribution in [3.05, 3.63) is 59.4 Å². The summed E-state index contributed by atoms with van der Waals surface area (Å²) in [5.74, 6) is -3.70. The topological polar surface area (TPSA) is 92.3 Å². The van der Waals surface area contributed by atoms with Crippen molar-refractivity contribution in [3.8, 4) is 11.3 Å². The first-order chi connectivity index (χ1) is 15.5. The molecule has 1 aliphatic heterocycles. The van der Waals surface area contributed by atoms with Crippen LogP contribution in [-0.2, 0) is 15.8 Å². The van der Waals surface area contributed by atoms with Crippen LogP contribution in [0.25, 0.3) is 11.3 Å². The van der Waals surface area contributed by atoms with Crippen LogP contribution < -0.4 is 5.32 Å². The highest BCUT2D eigenvalue weighted by molar-refractivity contribution is 7.95. The molecule has 1 aromatic carbocycles. The monoisotopic (exact) mass is 476 g/mol. The van der Waals surface area contributed by atoms with Gasteiger partial charge in [0.15, 0.2) is 9.84 Å². The summed E-state index contributed by atoms with van der Waals surface area (Å²) in [6.45, 7) is 1.70. The van der Waals surface area contributed by atoms with Crippen LogP contribution in [-0.4, -0.2) is 60.6 Å². The third-order valence-corrected chi connectivity index (χ3v) is 7.63. The third kappa shape index (κ3) is 5.44. The number of halogens is 2. The van der Waals surface area contributed by atoms with Crippen molar-refractivity contribution in [3.63, 3.8) is 0 Å². The number of aromatic nitrogens is 2. The van der Waals surface area contributed by atoms with Crippen LogP contribution in [0.4, 0.5) is 8.78 Å². The maximum Gasteiger partial charge on any atom is 0.289 e. The van der Waals surface area contributed by atoms with Crippen LogP contribution in [0.5, 0.6) is 0 Å². The molecule has 1 saturated heterocycles. The number of carbonyl (C=O) groups is 1. The lowest BCUT2D eigenvalue weighted by atomic mass is 10.1. The molecule has 0 radical (unpaired) electrons. The molecule has 2 aromatic rings. The van der Waals surface area contributed by atoms with Crippen molar-refractivity contribution >= 4 is 15.7 Å². The van der Waals surface area contributed by atoms with E-state index in [-0.39, 0.29) is 17.3 Å². The third-order valence-electron chi connectivity index (χ3n) is 5.87. The molecule has 2 heterocycles. The van der Waals surface area contributed by atoms with Crippen LogP contribution in [0.2, 0.25) is 0 Å². The first-order valence-electron chi connectivity index (χ1n) is 10.8. The average Bonchev–Trinajstić information content (AvgIpc) is 3.59. The number of nitrogens with one attached hydrogen (secondary N) is 1. The second-order valence-corrected chi connectivity index (χ2v) is 10.9. The average molecular weight is 477 g/mol. The van der Waals surface area contributed by atoms with E-state index in [9.17, 15) is 22.0 Å². The normalized spacial score (nSPS) is 18.8. The van der Waals surface area contributed by atoms with E-state index in [0.717, 1.165) is 26.0 Å². The van der Waals surface area contributed by atoms with E-state index in [1.54, 1.807) is 30.3 Å². The van der Waals surface area contributed by atoms with Crippen LogP contribution in [0.3, 0.4) is 0 Å². The Labute approximate surface area is 191 Å². The predicted molar refractivity (Wildman–Crippen MR) is 120 cm³/mol. The summed E-state index contributed by atoms with van der Waals surface area (Å²) in [6, 6.07) is 7.89. The lowest BCUT2D eigenvalue weighted by Gasteiger charge is -2.34. The molecule has 33 heavy (non-hydrogen) atoms. The van der Waals surface area contributed by atoms with Gasteiger partial charge in [0, 0.05) is 31.0 Å². The molecule has 4 rings (SSSR count). The zero-order chi connectivity index (χ0) is 23.8. The highest BCUT2D eigenvalue weighted by Crippen LogP contribution is 2.35. The second kappa shape index (κ2) is 8.90. The number of sulfone groups is 1. The van der Waals surface area contributed by atoms with E-state index < -0.39 is 38.7 Å². The van der Waals surface area contributed by atoms with E-state index in [2.05, 4.69) is 15.3 Å². The van der Waals surface area contributed by atoms with E-state index in [0.29, 0.717) is 18.7 Å². The highest BCUT2D eigenvalue weighted by Gasteiger charge is 2.36. The van der Waals surface area contributed by atoms with Gasteiger partial charge in [0.2, 0.25) is 0 Å². The van der Waals surface area contributed by atoms with Gasteiger partial charge in [-0.2, -0.15) is 8.78 Å². The van der Waals surface area contributed by atoms with E-state index in [1.807, 2.05) is 11.9 Å². The van der Waals surface area contributed by atoms with Crippen LogP contribution >= 0.6 is 0 Å². The minimum absolute atomic E-state index is 0.0639. The van der Waals surface area contributed by atoms with Gasteiger partial charge in [-0.3, -0.25) is 9.78 Å². The van der Waals surface area contributed by atoms with Crippen LogP contribution in [0.15, 0.2) is 48.0 Å². The first-order valence-corrected chi connectivity index (χ1v) is 12.4. The van der Waals surface area contributed by atoms with Gasteiger partial charge in [-0.15, -0.1) is 0 Å². The van der Waals surface area contributed by atoms with Crippen LogP contribution in [0.1, 0.15) is 35.9 Å². The molecule has 1 N–H and O–H groups in total. The van der Waals surface area contributed by atoms with Gasteiger partial charge in [-0.1, -0.05) is 36.4 Å². The Balaban J connectivity index is 1.56. The highest BCUT2D eigenvalue weighted by atomic mass is 32.2. The van der Waals surface area contributed by atoms with Crippen molar-refractivity contribution < 1.29 is 22.0 Å². The summed E-state index contributed by atoms with van der Waals surface area (Å²) < 4.78 is 53.2.